The second-order valence-electron chi connectivity index (χ2n) is 3.75. The summed E-state index contributed by atoms with van der Waals surface area (Å²) in [5.74, 6) is 5.27. The first-order chi connectivity index (χ1) is 9.65. The zero-order valence-corrected chi connectivity index (χ0v) is 11.5. The average Bonchev–Trinajstić information content (AvgIpc) is 2.92. The molecule has 10 heteroatoms. The van der Waals surface area contributed by atoms with E-state index in [0.717, 1.165) is 16.3 Å². The summed E-state index contributed by atoms with van der Waals surface area (Å²) in [5, 5.41) is 14.8. The van der Waals surface area contributed by atoms with Gasteiger partial charge < -0.3 is 10.7 Å². The monoisotopic (exact) mass is 295 g/mol. The van der Waals surface area contributed by atoms with Crippen molar-refractivity contribution in [2.75, 3.05) is 10.7 Å². The molecular weight excluding hydrogens is 282 g/mol. The molecule has 20 heavy (non-hydrogen) atoms. The Morgan fingerprint density at radius 3 is 2.75 bits per heavy atom. The van der Waals surface area contributed by atoms with Gasteiger partial charge in [-0.25, -0.2) is 20.8 Å². The second kappa shape index (κ2) is 6.21. The Bertz CT molecular complexity index is 615. The van der Waals surface area contributed by atoms with Crippen LogP contribution in [0.1, 0.15) is 16.8 Å². The molecule has 0 atom stereocenters. The number of anilines is 2. The number of aromatic nitrogens is 3. The number of nitrogens with two attached hydrogens (primary N) is 1. The van der Waals surface area contributed by atoms with Crippen molar-refractivity contribution in [2.45, 2.75) is 19.9 Å². The molecule has 0 fully saturated rings. The zero-order valence-electron chi connectivity index (χ0n) is 10.7. The maximum atomic E-state index is 11.0. The lowest BCUT2D eigenvalue weighted by atomic mass is 10.4. The normalized spacial score (nSPS) is 10.3. The smallest absolute Gasteiger partial charge is 0.354 e. The number of hydrogen-bond donors (Lipinski definition) is 3. The van der Waals surface area contributed by atoms with Crippen molar-refractivity contribution in [1.29, 1.82) is 0 Å². The minimum atomic E-state index is -0.586. The molecule has 0 aromatic carbocycles. The molecular formula is C10H13N7O2S. The highest BCUT2D eigenvalue weighted by atomic mass is 32.1. The Morgan fingerprint density at radius 1 is 1.40 bits per heavy atom. The van der Waals surface area contributed by atoms with Gasteiger partial charge in [0.2, 0.25) is 11.6 Å². The van der Waals surface area contributed by atoms with E-state index in [0.29, 0.717) is 6.54 Å². The molecule has 0 amide bonds. The SMILES string of the molecule is CCc1cnc(CNc2ncnc(NN)c2[N+](=O)[O-])s1. The molecule has 0 bridgehead atoms. The van der Waals surface area contributed by atoms with Crippen LogP contribution >= 0.6 is 11.3 Å². The van der Waals surface area contributed by atoms with Crippen molar-refractivity contribution < 1.29 is 4.92 Å². The van der Waals surface area contributed by atoms with E-state index in [4.69, 9.17) is 5.84 Å². The molecule has 2 aromatic rings. The van der Waals surface area contributed by atoms with E-state index in [1.54, 1.807) is 17.5 Å². The standard InChI is InChI=1S/C10H13N7O2S/c1-2-6-3-12-7(20-6)4-13-9-8(17(18)19)10(16-11)15-5-14-9/h3,5H,2,4,11H2,1H3,(H2,13,14,15,16). The number of thiazole rings is 1. The minimum absolute atomic E-state index is 0.0408. The van der Waals surface area contributed by atoms with Gasteiger partial charge in [-0.05, 0) is 6.42 Å². The summed E-state index contributed by atoms with van der Waals surface area (Å²) >= 11 is 1.55. The molecule has 2 aromatic heterocycles. The number of nitrogens with one attached hydrogen (secondary N) is 2. The fraction of sp³-hybridized carbons (Fsp3) is 0.300. The lowest BCUT2D eigenvalue weighted by Crippen LogP contribution is -2.13. The largest absolute Gasteiger partial charge is 0.358 e. The Morgan fingerprint density at radius 2 is 2.15 bits per heavy atom. The average molecular weight is 295 g/mol. The topological polar surface area (TPSA) is 132 Å². The summed E-state index contributed by atoms with van der Waals surface area (Å²) in [6, 6.07) is 0. The Labute approximate surface area is 118 Å². The third-order valence-electron chi connectivity index (χ3n) is 2.50. The number of rotatable bonds is 6. The van der Waals surface area contributed by atoms with Crippen molar-refractivity contribution in [3.8, 4) is 0 Å². The summed E-state index contributed by atoms with van der Waals surface area (Å²) in [6.45, 7) is 2.39. The highest BCUT2D eigenvalue weighted by molar-refractivity contribution is 7.11. The Hall–Kier alpha value is -2.33. The summed E-state index contributed by atoms with van der Waals surface area (Å²) in [5.41, 5.74) is 1.89. The van der Waals surface area contributed by atoms with Crippen molar-refractivity contribution in [3.63, 3.8) is 0 Å². The molecule has 0 aliphatic heterocycles. The van der Waals surface area contributed by atoms with Crippen molar-refractivity contribution in [1.82, 2.24) is 15.0 Å². The van der Waals surface area contributed by atoms with Crippen molar-refractivity contribution >= 4 is 28.7 Å². The molecule has 9 nitrogen and oxygen atoms in total. The Balaban J connectivity index is 2.18. The van der Waals surface area contributed by atoms with Gasteiger partial charge >= 0.3 is 5.69 Å². The van der Waals surface area contributed by atoms with Gasteiger partial charge in [-0.15, -0.1) is 11.3 Å². The lowest BCUT2D eigenvalue weighted by molar-refractivity contribution is -0.383. The number of nitrogen functional groups attached to an aromatic ring is 1. The molecule has 0 saturated heterocycles. The fourth-order valence-corrected chi connectivity index (χ4v) is 2.34. The van der Waals surface area contributed by atoms with Crippen LogP contribution in [0, 0.1) is 10.1 Å². The molecule has 2 heterocycles. The van der Waals surface area contributed by atoms with Crippen LogP contribution in [0.5, 0.6) is 0 Å². The first-order valence-corrected chi connectivity index (χ1v) is 6.60. The molecule has 0 saturated carbocycles. The van der Waals surface area contributed by atoms with Crippen LogP contribution < -0.4 is 16.6 Å². The number of nitro groups is 1. The highest BCUT2D eigenvalue weighted by Gasteiger charge is 2.22. The molecule has 0 spiro atoms. The first-order valence-electron chi connectivity index (χ1n) is 5.79. The van der Waals surface area contributed by atoms with Crippen LogP contribution in [-0.4, -0.2) is 19.9 Å². The molecule has 2 rings (SSSR count). The van der Waals surface area contributed by atoms with Gasteiger partial charge in [0.05, 0.1) is 11.5 Å². The maximum Gasteiger partial charge on any atom is 0.354 e. The van der Waals surface area contributed by atoms with E-state index in [-0.39, 0.29) is 17.3 Å². The van der Waals surface area contributed by atoms with E-state index in [2.05, 4.69) is 25.7 Å². The zero-order chi connectivity index (χ0) is 14.5. The van der Waals surface area contributed by atoms with Crippen LogP contribution in [0.4, 0.5) is 17.3 Å². The first kappa shape index (κ1) is 14.1. The van der Waals surface area contributed by atoms with Crippen LogP contribution in [0.2, 0.25) is 0 Å². The predicted octanol–water partition coefficient (Wildman–Crippen LogP) is 1.30. The van der Waals surface area contributed by atoms with Crippen molar-refractivity contribution in [2.24, 2.45) is 5.84 Å². The molecule has 106 valence electrons. The van der Waals surface area contributed by atoms with Crippen molar-refractivity contribution in [3.05, 3.63) is 32.5 Å². The lowest BCUT2D eigenvalue weighted by Gasteiger charge is -2.06. The van der Waals surface area contributed by atoms with Gasteiger partial charge in [0.15, 0.2) is 0 Å². The van der Waals surface area contributed by atoms with Crippen LogP contribution in [0.15, 0.2) is 12.5 Å². The van der Waals surface area contributed by atoms with Gasteiger partial charge in [0, 0.05) is 11.1 Å². The van der Waals surface area contributed by atoms with Gasteiger partial charge in [0.1, 0.15) is 11.3 Å². The third-order valence-corrected chi connectivity index (χ3v) is 3.64. The molecule has 0 unspecified atom stereocenters. The minimum Gasteiger partial charge on any atom is -0.358 e. The van der Waals surface area contributed by atoms with Gasteiger partial charge in [0.25, 0.3) is 0 Å². The molecule has 4 N–H and O–H groups in total. The molecule has 0 aliphatic carbocycles. The van der Waals surface area contributed by atoms with E-state index < -0.39 is 4.92 Å². The third kappa shape index (κ3) is 2.97. The van der Waals surface area contributed by atoms with Crippen LogP contribution in [0.3, 0.4) is 0 Å². The van der Waals surface area contributed by atoms with Gasteiger partial charge in [-0.2, -0.15) is 0 Å². The summed E-state index contributed by atoms with van der Waals surface area (Å²) in [7, 11) is 0. The number of aryl methyl sites for hydroxylation is 1. The number of hydrazine groups is 1. The molecule has 0 aliphatic rings. The van der Waals surface area contributed by atoms with E-state index >= 15 is 0 Å². The summed E-state index contributed by atoms with van der Waals surface area (Å²) in [4.78, 5) is 23.4. The van der Waals surface area contributed by atoms with Crippen LogP contribution in [0.25, 0.3) is 0 Å². The summed E-state index contributed by atoms with van der Waals surface area (Å²) in [6.07, 6.45) is 3.90. The quantitative estimate of drug-likeness (QED) is 0.412. The number of hydrogen-bond acceptors (Lipinski definition) is 9. The van der Waals surface area contributed by atoms with Gasteiger partial charge in [-0.1, -0.05) is 6.92 Å². The van der Waals surface area contributed by atoms with Crippen LogP contribution in [-0.2, 0) is 13.0 Å². The second-order valence-corrected chi connectivity index (χ2v) is 4.95. The fourth-order valence-electron chi connectivity index (χ4n) is 1.54. The predicted molar refractivity (Wildman–Crippen MR) is 75.3 cm³/mol. The molecule has 0 radical (unpaired) electrons. The maximum absolute atomic E-state index is 11.0. The Kier molecular flexibility index (Phi) is 4.38. The van der Waals surface area contributed by atoms with Gasteiger partial charge in [-0.3, -0.25) is 10.1 Å². The van der Waals surface area contributed by atoms with E-state index in [1.165, 1.54) is 6.33 Å². The highest BCUT2D eigenvalue weighted by Crippen LogP contribution is 2.28. The summed E-state index contributed by atoms with van der Waals surface area (Å²) < 4.78 is 0. The van der Waals surface area contributed by atoms with E-state index in [1.807, 2.05) is 6.92 Å². The number of nitrogens with zero attached hydrogens (tertiary/aromatic N) is 4. The van der Waals surface area contributed by atoms with E-state index in [9.17, 15) is 10.1 Å².